The Morgan fingerprint density at radius 1 is 1.30 bits per heavy atom. The fourth-order valence-electron chi connectivity index (χ4n) is 2.38. The number of piperazine rings is 1. The number of aryl methyl sites for hydroxylation is 1. The Kier molecular flexibility index (Phi) is 5.47. The van der Waals surface area contributed by atoms with E-state index >= 15 is 0 Å². The van der Waals surface area contributed by atoms with Crippen molar-refractivity contribution in [1.82, 2.24) is 14.8 Å². The molecule has 2 N–H and O–H groups in total. The maximum absolute atomic E-state index is 11.1. The molecule has 20 heavy (non-hydrogen) atoms. The predicted molar refractivity (Wildman–Crippen MR) is 77.3 cm³/mol. The molecule has 1 aromatic rings. The number of aliphatic hydroxyl groups is 1. The molecule has 1 aliphatic heterocycles. The Morgan fingerprint density at radius 3 is 2.45 bits per heavy atom. The monoisotopic (exact) mass is 299 g/mol. The first kappa shape index (κ1) is 15.4. The molecule has 0 bridgehead atoms. The Morgan fingerprint density at radius 2 is 1.95 bits per heavy atom. The molecule has 1 saturated heterocycles. The van der Waals surface area contributed by atoms with Gasteiger partial charge in [-0.25, -0.2) is 9.78 Å². The van der Waals surface area contributed by atoms with Gasteiger partial charge in [0, 0.05) is 32.7 Å². The maximum atomic E-state index is 11.1. The summed E-state index contributed by atoms with van der Waals surface area (Å²) < 4.78 is 0. The van der Waals surface area contributed by atoms with E-state index in [4.69, 9.17) is 10.2 Å². The van der Waals surface area contributed by atoms with Crippen LogP contribution in [0.3, 0.4) is 0 Å². The standard InChI is InChI=1S/C13H21N3O3S/c1-2-10-12(13(18)19)20-11(14-10)9-16-5-3-15(4-6-16)7-8-17/h17H,2-9H2,1H3,(H,18,19). The second kappa shape index (κ2) is 7.12. The number of hydrogen-bond acceptors (Lipinski definition) is 6. The highest BCUT2D eigenvalue weighted by molar-refractivity contribution is 7.13. The lowest BCUT2D eigenvalue weighted by atomic mass is 10.3. The van der Waals surface area contributed by atoms with Crippen LogP contribution in [0, 0.1) is 0 Å². The number of hydrogen-bond donors (Lipinski definition) is 2. The van der Waals surface area contributed by atoms with Gasteiger partial charge in [-0.15, -0.1) is 11.3 Å². The summed E-state index contributed by atoms with van der Waals surface area (Å²) in [7, 11) is 0. The fourth-order valence-corrected chi connectivity index (χ4v) is 3.41. The van der Waals surface area contributed by atoms with Crippen molar-refractivity contribution in [3.63, 3.8) is 0 Å². The minimum atomic E-state index is -0.877. The molecule has 112 valence electrons. The molecular formula is C13H21N3O3S. The highest BCUT2D eigenvalue weighted by atomic mass is 32.1. The van der Waals surface area contributed by atoms with Gasteiger partial charge in [-0.3, -0.25) is 9.80 Å². The summed E-state index contributed by atoms with van der Waals surface area (Å²) >= 11 is 1.29. The van der Waals surface area contributed by atoms with E-state index in [1.807, 2.05) is 6.92 Å². The van der Waals surface area contributed by atoms with Crippen LogP contribution in [0.1, 0.15) is 27.3 Å². The molecule has 1 aromatic heterocycles. The van der Waals surface area contributed by atoms with Gasteiger partial charge in [-0.05, 0) is 6.42 Å². The summed E-state index contributed by atoms with van der Waals surface area (Å²) in [6.45, 7) is 7.34. The summed E-state index contributed by atoms with van der Waals surface area (Å²) in [4.78, 5) is 20.5. The second-order valence-electron chi connectivity index (χ2n) is 4.88. The van der Waals surface area contributed by atoms with E-state index in [0.29, 0.717) is 17.0 Å². The van der Waals surface area contributed by atoms with E-state index < -0.39 is 5.97 Å². The van der Waals surface area contributed by atoms with Gasteiger partial charge in [0.25, 0.3) is 0 Å². The van der Waals surface area contributed by atoms with Crippen LogP contribution in [0.25, 0.3) is 0 Å². The number of carboxylic acid groups (broad SMARTS) is 1. The van der Waals surface area contributed by atoms with E-state index in [2.05, 4.69) is 14.8 Å². The third kappa shape index (κ3) is 3.76. The van der Waals surface area contributed by atoms with Crippen LogP contribution in [-0.2, 0) is 13.0 Å². The summed E-state index contributed by atoms with van der Waals surface area (Å²) in [5.74, 6) is -0.877. The molecule has 0 saturated carbocycles. The normalized spacial score (nSPS) is 17.5. The number of carboxylic acids is 1. The maximum Gasteiger partial charge on any atom is 0.347 e. The van der Waals surface area contributed by atoms with E-state index in [1.54, 1.807) is 0 Å². The first-order valence-electron chi connectivity index (χ1n) is 6.91. The molecule has 0 spiro atoms. The van der Waals surface area contributed by atoms with Gasteiger partial charge in [-0.2, -0.15) is 0 Å². The Labute approximate surface area is 122 Å². The van der Waals surface area contributed by atoms with Gasteiger partial charge in [0.1, 0.15) is 9.88 Å². The van der Waals surface area contributed by atoms with Gasteiger partial charge in [0.2, 0.25) is 0 Å². The number of aliphatic hydroxyl groups excluding tert-OH is 1. The molecule has 7 heteroatoms. The molecular weight excluding hydrogens is 278 g/mol. The van der Waals surface area contributed by atoms with Crippen molar-refractivity contribution in [1.29, 1.82) is 0 Å². The van der Waals surface area contributed by atoms with E-state index in [0.717, 1.165) is 44.3 Å². The summed E-state index contributed by atoms with van der Waals surface area (Å²) in [6.07, 6.45) is 0.655. The Hall–Kier alpha value is -1.02. The first-order valence-corrected chi connectivity index (χ1v) is 7.73. The van der Waals surface area contributed by atoms with Gasteiger partial charge in [0.15, 0.2) is 0 Å². The van der Waals surface area contributed by atoms with Crippen molar-refractivity contribution < 1.29 is 15.0 Å². The fraction of sp³-hybridized carbons (Fsp3) is 0.692. The highest BCUT2D eigenvalue weighted by Crippen LogP contribution is 2.21. The van der Waals surface area contributed by atoms with E-state index in [9.17, 15) is 4.79 Å². The zero-order valence-corrected chi connectivity index (χ0v) is 12.5. The van der Waals surface area contributed by atoms with Crippen molar-refractivity contribution in [2.75, 3.05) is 39.3 Å². The van der Waals surface area contributed by atoms with Crippen LogP contribution in [-0.4, -0.2) is 70.3 Å². The molecule has 0 amide bonds. The van der Waals surface area contributed by atoms with Crippen LogP contribution >= 0.6 is 11.3 Å². The number of rotatable bonds is 6. The van der Waals surface area contributed by atoms with E-state index in [1.165, 1.54) is 11.3 Å². The minimum Gasteiger partial charge on any atom is -0.477 e. The highest BCUT2D eigenvalue weighted by Gasteiger charge is 2.20. The molecule has 6 nitrogen and oxygen atoms in total. The molecule has 0 unspecified atom stereocenters. The molecule has 1 fully saturated rings. The average molecular weight is 299 g/mol. The molecule has 0 atom stereocenters. The summed E-state index contributed by atoms with van der Waals surface area (Å²) in [5.41, 5.74) is 0.691. The molecule has 0 aromatic carbocycles. The molecule has 0 aliphatic carbocycles. The van der Waals surface area contributed by atoms with Crippen molar-refractivity contribution >= 4 is 17.3 Å². The number of aromatic nitrogens is 1. The van der Waals surface area contributed by atoms with Crippen molar-refractivity contribution in [3.05, 3.63) is 15.6 Å². The van der Waals surface area contributed by atoms with Crippen molar-refractivity contribution in [3.8, 4) is 0 Å². The molecule has 2 heterocycles. The number of aromatic carboxylic acids is 1. The lowest BCUT2D eigenvalue weighted by molar-refractivity contribution is 0.0701. The van der Waals surface area contributed by atoms with Crippen LogP contribution < -0.4 is 0 Å². The van der Waals surface area contributed by atoms with Crippen LogP contribution in [0.2, 0.25) is 0 Å². The second-order valence-corrected chi connectivity index (χ2v) is 5.97. The Bertz CT molecular complexity index is 456. The van der Waals surface area contributed by atoms with Gasteiger partial charge >= 0.3 is 5.97 Å². The molecule has 1 aliphatic rings. The summed E-state index contributed by atoms with van der Waals surface area (Å²) in [5, 5.41) is 18.9. The van der Waals surface area contributed by atoms with Gasteiger partial charge in [-0.1, -0.05) is 6.92 Å². The number of β-amino-alcohol motifs (C(OH)–C–C–N with tert-alkyl or cyclic N) is 1. The topological polar surface area (TPSA) is 76.9 Å². The molecule has 0 radical (unpaired) electrons. The van der Waals surface area contributed by atoms with E-state index in [-0.39, 0.29) is 6.61 Å². The third-order valence-corrected chi connectivity index (χ3v) is 4.58. The number of thiazole rings is 1. The number of carbonyl (C=O) groups is 1. The quantitative estimate of drug-likeness (QED) is 0.797. The average Bonchev–Trinajstić information content (AvgIpc) is 2.84. The van der Waals surface area contributed by atoms with Gasteiger partial charge in [0.05, 0.1) is 18.8 Å². The van der Waals surface area contributed by atoms with Crippen molar-refractivity contribution in [2.45, 2.75) is 19.9 Å². The SMILES string of the molecule is CCc1nc(CN2CCN(CCO)CC2)sc1C(=O)O. The lowest BCUT2D eigenvalue weighted by Gasteiger charge is -2.33. The summed E-state index contributed by atoms with van der Waals surface area (Å²) in [6, 6.07) is 0. The minimum absolute atomic E-state index is 0.203. The van der Waals surface area contributed by atoms with Crippen LogP contribution in [0.5, 0.6) is 0 Å². The zero-order chi connectivity index (χ0) is 14.5. The lowest BCUT2D eigenvalue weighted by Crippen LogP contribution is -2.46. The number of nitrogens with zero attached hydrogens (tertiary/aromatic N) is 3. The predicted octanol–water partition coefficient (Wildman–Crippen LogP) is 0.514. The Balaban J connectivity index is 1.93. The first-order chi connectivity index (χ1) is 9.63. The zero-order valence-electron chi connectivity index (χ0n) is 11.7. The van der Waals surface area contributed by atoms with Crippen LogP contribution in [0.4, 0.5) is 0 Å². The van der Waals surface area contributed by atoms with Gasteiger partial charge < -0.3 is 10.2 Å². The smallest absolute Gasteiger partial charge is 0.347 e. The molecule has 2 rings (SSSR count). The van der Waals surface area contributed by atoms with Crippen LogP contribution in [0.15, 0.2) is 0 Å². The van der Waals surface area contributed by atoms with Crippen molar-refractivity contribution in [2.24, 2.45) is 0 Å². The largest absolute Gasteiger partial charge is 0.477 e. The third-order valence-electron chi connectivity index (χ3n) is 3.51.